The second-order valence-electron chi connectivity index (χ2n) is 10.4. The first-order valence-electron chi connectivity index (χ1n) is 13.8. The molecule has 0 amide bonds. The number of para-hydroxylation sites is 7. The maximum absolute atomic E-state index is 6.46. The third kappa shape index (κ3) is 3.13. The summed E-state index contributed by atoms with van der Waals surface area (Å²) in [6.07, 6.45) is 0. The average molecular weight is 526 g/mol. The fourth-order valence-corrected chi connectivity index (χ4v) is 6.40. The van der Waals surface area contributed by atoms with Crippen LogP contribution in [0.15, 0.2) is 144 Å². The molecule has 0 aliphatic heterocycles. The van der Waals surface area contributed by atoms with E-state index in [2.05, 4.69) is 130 Å². The Hall–Kier alpha value is -5.61. The van der Waals surface area contributed by atoms with E-state index in [4.69, 9.17) is 9.40 Å². The Bertz CT molecular complexity index is 2440. The number of hydrogen-bond acceptors (Lipinski definition) is 2. The van der Waals surface area contributed by atoms with Gasteiger partial charge in [-0.1, -0.05) is 103 Å². The summed E-state index contributed by atoms with van der Waals surface area (Å²) in [7, 11) is 0. The Balaban J connectivity index is 1.35. The lowest BCUT2D eigenvalue weighted by Crippen LogP contribution is -1.99. The summed E-state index contributed by atoms with van der Waals surface area (Å²) in [6, 6.07) is 48.8. The van der Waals surface area contributed by atoms with Gasteiger partial charge in [-0.25, -0.2) is 4.98 Å². The molecule has 192 valence electrons. The number of rotatable bonds is 3. The van der Waals surface area contributed by atoms with Crippen LogP contribution >= 0.6 is 0 Å². The molecule has 3 heterocycles. The largest absolute Gasteiger partial charge is 0.455 e. The summed E-state index contributed by atoms with van der Waals surface area (Å²) in [5.74, 6) is 0.900. The zero-order valence-corrected chi connectivity index (χ0v) is 22.0. The molecular formula is C37H23N3O. The van der Waals surface area contributed by atoms with Gasteiger partial charge in [-0.2, -0.15) is 0 Å². The van der Waals surface area contributed by atoms with Crippen molar-refractivity contribution in [3.8, 4) is 27.9 Å². The molecule has 6 aromatic carbocycles. The molecule has 0 radical (unpaired) electrons. The number of furan rings is 1. The molecule has 9 rings (SSSR count). The van der Waals surface area contributed by atoms with Crippen LogP contribution in [0.1, 0.15) is 0 Å². The van der Waals surface area contributed by atoms with Gasteiger partial charge in [0, 0.05) is 21.9 Å². The summed E-state index contributed by atoms with van der Waals surface area (Å²) < 4.78 is 11.0. The van der Waals surface area contributed by atoms with Crippen molar-refractivity contribution in [2.45, 2.75) is 0 Å². The standard InChI is InChI=1S/C37H23N3O/c1-2-13-25(28-16-11-17-29-27-15-4-10-23-35(27)41-36(28)29)24(12-1)26-14-3-6-19-31(26)39-33-21-8-9-22-34(33)40-32-20-7-5-18-30(32)38-37(39)40/h1-23H. The van der Waals surface area contributed by atoms with E-state index in [0.717, 1.165) is 77.7 Å². The van der Waals surface area contributed by atoms with Gasteiger partial charge in [0.25, 0.3) is 0 Å². The molecule has 0 aliphatic rings. The third-order valence-electron chi connectivity index (χ3n) is 8.16. The summed E-state index contributed by atoms with van der Waals surface area (Å²) in [6.45, 7) is 0. The number of fused-ring (bicyclic) bond motifs is 8. The topological polar surface area (TPSA) is 35.4 Å². The van der Waals surface area contributed by atoms with E-state index in [0.29, 0.717) is 0 Å². The minimum Gasteiger partial charge on any atom is -0.455 e. The number of aromatic nitrogens is 3. The SMILES string of the molecule is c1ccc(-c2cccc3c2oc2ccccc23)c(-c2ccccc2-n2c3ccccc3n3c4ccccc4nc23)c1. The van der Waals surface area contributed by atoms with Crippen LogP contribution in [-0.2, 0) is 0 Å². The molecule has 9 aromatic rings. The molecule has 0 saturated carbocycles. The lowest BCUT2D eigenvalue weighted by molar-refractivity contribution is 0.670. The number of nitrogens with zero attached hydrogens (tertiary/aromatic N) is 3. The zero-order valence-electron chi connectivity index (χ0n) is 22.0. The Labute approximate surface area is 235 Å². The van der Waals surface area contributed by atoms with E-state index in [1.54, 1.807) is 0 Å². The van der Waals surface area contributed by atoms with Crippen molar-refractivity contribution in [2.24, 2.45) is 0 Å². The number of benzene rings is 6. The zero-order chi connectivity index (χ0) is 26.9. The summed E-state index contributed by atoms with van der Waals surface area (Å²) >= 11 is 0. The maximum Gasteiger partial charge on any atom is 0.220 e. The van der Waals surface area contributed by atoms with Gasteiger partial charge >= 0.3 is 0 Å². The minimum atomic E-state index is 0.900. The maximum atomic E-state index is 6.46. The second kappa shape index (κ2) is 8.44. The van der Waals surface area contributed by atoms with Crippen LogP contribution in [0.4, 0.5) is 0 Å². The Morgan fingerprint density at radius 2 is 1.07 bits per heavy atom. The second-order valence-corrected chi connectivity index (χ2v) is 10.4. The van der Waals surface area contributed by atoms with E-state index in [1.807, 2.05) is 18.2 Å². The van der Waals surface area contributed by atoms with Crippen LogP contribution < -0.4 is 0 Å². The van der Waals surface area contributed by atoms with Crippen molar-refractivity contribution in [3.05, 3.63) is 140 Å². The number of imidazole rings is 2. The third-order valence-corrected chi connectivity index (χ3v) is 8.16. The van der Waals surface area contributed by atoms with Crippen LogP contribution in [0.2, 0.25) is 0 Å². The van der Waals surface area contributed by atoms with Crippen LogP contribution in [0, 0.1) is 0 Å². The predicted octanol–water partition coefficient (Wildman–Crippen LogP) is 9.66. The van der Waals surface area contributed by atoms with Gasteiger partial charge in [0.05, 0.1) is 27.8 Å². The van der Waals surface area contributed by atoms with Gasteiger partial charge in [0.1, 0.15) is 11.2 Å². The van der Waals surface area contributed by atoms with Crippen molar-refractivity contribution in [1.82, 2.24) is 14.0 Å². The molecule has 41 heavy (non-hydrogen) atoms. The highest BCUT2D eigenvalue weighted by atomic mass is 16.3. The average Bonchev–Trinajstić information content (AvgIpc) is 3.70. The molecular weight excluding hydrogens is 502 g/mol. The summed E-state index contributed by atoms with van der Waals surface area (Å²) in [5, 5.41) is 2.26. The highest BCUT2D eigenvalue weighted by Crippen LogP contribution is 2.42. The smallest absolute Gasteiger partial charge is 0.220 e. The quantitative estimate of drug-likeness (QED) is 0.230. The van der Waals surface area contributed by atoms with Crippen LogP contribution in [0.3, 0.4) is 0 Å². The summed E-state index contributed by atoms with van der Waals surface area (Å²) in [4.78, 5) is 5.12. The molecule has 0 aliphatic carbocycles. The normalized spacial score (nSPS) is 11.9. The van der Waals surface area contributed by atoms with Gasteiger partial charge in [-0.3, -0.25) is 8.97 Å². The van der Waals surface area contributed by atoms with Gasteiger partial charge in [-0.05, 0) is 47.5 Å². The molecule has 0 atom stereocenters. The van der Waals surface area contributed by atoms with E-state index < -0.39 is 0 Å². The molecule has 0 saturated heterocycles. The fraction of sp³-hybridized carbons (Fsp3) is 0. The lowest BCUT2D eigenvalue weighted by Gasteiger charge is -2.16. The van der Waals surface area contributed by atoms with E-state index in [-0.39, 0.29) is 0 Å². The predicted molar refractivity (Wildman–Crippen MR) is 168 cm³/mol. The van der Waals surface area contributed by atoms with Crippen molar-refractivity contribution in [3.63, 3.8) is 0 Å². The molecule has 4 nitrogen and oxygen atoms in total. The van der Waals surface area contributed by atoms with E-state index in [9.17, 15) is 0 Å². The van der Waals surface area contributed by atoms with E-state index >= 15 is 0 Å². The molecule has 0 unspecified atom stereocenters. The van der Waals surface area contributed by atoms with Gasteiger partial charge < -0.3 is 4.42 Å². The van der Waals surface area contributed by atoms with Crippen LogP contribution in [0.5, 0.6) is 0 Å². The lowest BCUT2D eigenvalue weighted by atomic mass is 9.92. The van der Waals surface area contributed by atoms with Crippen LogP contribution in [0.25, 0.3) is 77.7 Å². The highest BCUT2D eigenvalue weighted by Gasteiger charge is 2.21. The number of hydrogen-bond donors (Lipinski definition) is 0. The first kappa shape index (κ1) is 22.2. The molecule has 0 fully saturated rings. The van der Waals surface area contributed by atoms with Crippen molar-refractivity contribution >= 4 is 49.8 Å². The fourth-order valence-electron chi connectivity index (χ4n) is 6.40. The highest BCUT2D eigenvalue weighted by molar-refractivity contribution is 6.10. The van der Waals surface area contributed by atoms with E-state index in [1.165, 1.54) is 0 Å². The first-order valence-corrected chi connectivity index (χ1v) is 13.8. The Morgan fingerprint density at radius 1 is 0.463 bits per heavy atom. The van der Waals surface area contributed by atoms with Gasteiger partial charge in [-0.15, -0.1) is 0 Å². The molecule has 0 N–H and O–H groups in total. The minimum absolute atomic E-state index is 0.900. The molecule has 3 aromatic heterocycles. The molecule has 4 heteroatoms. The molecule has 0 bridgehead atoms. The van der Waals surface area contributed by atoms with Gasteiger partial charge in [0.15, 0.2) is 0 Å². The molecule has 0 spiro atoms. The van der Waals surface area contributed by atoms with Crippen LogP contribution in [-0.4, -0.2) is 14.0 Å². The Kier molecular flexibility index (Phi) is 4.58. The van der Waals surface area contributed by atoms with Crippen molar-refractivity contribution in [2.75, 3.05) is 0 Å². The van der Waals surface area contributed by atoms with Gasteiger partial charge in [0.2, 0.25) is 5.78 Å². The summed E-state index contributed by atoms with van der Waals surface area (Å²) in [5.41, 5.74) is 11.7. The first-order chi connectivity index (χ1) is 20.4. The van der Waals surface area contributed by atoms with Crippen molar-refractivity contribution in [1.29, 1.82) is 0 Å². The monoisotopic (exact) mass is 525 g/mol. The Morgan fingerprint density at radius 3 is 1.95 bits per heavy atom. The van der Waals surface area contributed by atoms with Crippen molar-refractivity contribution < 1.29 is 4.42 Å².